The molecule has 0 amide bonds. The molecule has 1 aromatic carbocycles. The second-order valence-corrected chi connectivity index (χ2v) is 7.20. The summed E-state index contributed by atoms with van der Waals surface area (Å²) in [5, 5.41) is 0. The summed E-state index contributed by atoms with van der Waals surface area (Å²) in [5.41, 5.74) is 7.41. The van der Waals surface area contributed by atoms with Crippen LogP contribution >= 0.6 is 0 Å². The van der Waals surface area contributed by atoms with Crippen molar-refractivity contribution < 1.29 is 8.42 Å². The lowest BCUT2D eigenvalue weighted by molar-refractivity contribution is 0.520. The Labute approximate surface area is 122 Å². The van der Waals surface area contributed by atoms with Crippen molar-refractivity contribution in [1.82, 2.24) is 4.31 Å². The molecule has 114 valence electrons. The number of hydrogen-bond donors (Lipinski definition) is 1. The van der Waals surface area contributed by atoms with E-state index in [0.29, 0.717) is 11.7 Å². The van der Waals surface area contributed by atoms with Gasteiger partial charge in [-0.25, -0.2) is 12.7 Å². The van der Waals surface area contributed by atoms with E-state index in [1.807, 2.05) is 6.92 Å². The Hall–Kier alpha value is -1.27. The highest BCUT2D eigenvalue weighted by Gasteiger charge is 2.21. The summed E-state index contributed by atoms with van der Waals surface area (Å²) in [5.74, 6) is 0. The maximum absolute atomic E-state index is 12.2. The first kappa shape index (κ1) is 16.8. The first-order valence-electron chi connectivity index (χ1n) is 6.84. The van der Waals surface area contributed by atoms with Gasteiger partial charge in [0.05, 0.1) is 16.3 Å². The van der Waals surface area contributed by atoms with Gasteiger partial charge in [-0.1, -0.05) is 6.92 Å². The SMILES string of the molecule is CCC(C)N(CC)c1cc(S(=O)(=O)N(C)C)ccc1N. The third kappa shape index (κ3) is 3.24. The van der Waals surface area contributed by atoms with Gasteiger partial charge in [-0.3, -0.25) is 0 Å². The van der Waals surface area contributed by atoms with Crippen molar-refractivity contribution in [3.05, 3.63) is 18.2 Å². The Morgan fingerprint density at radius 1 is 1.25 bits per heavy atom. The van der Waals surface area contributed by atoms with Gasteiger partial charge < -0.3 is 10.6 Å². The zero-order valence-electron chi connectivity index (χ0n) is 12.9. The third-order valence-electron chi connectivity index (χ3n) is 3.55. The molecule has 0 aromatic heterocycles. The molecule has 0 heterocycles. The lowest BCUT2D eigenvalue weighted by Crippen LogP contribution is -2.33. The van der Waals surface area contributed by atoms with Gasteiger partial charge in [0.2, 0.25) is 10.0 Å². The molecule has 6 heteroatoms. The fraction of sp³-hybridized carbons (Fsp3) is 0.571. The van der Waals surface area contributed by atoms with Gasteiger partial charge in [0.1, 0.15) is 0 Å². The number of benzene rings is 1. The second kappa shape index (κ2) is 6.45. The Balaban J connectivity index is 3.35. The summed E-state index contributed by atoms with van der Waals surface area (Å²) in [4.78, 5) is 2.40. The Morgan fingerprint density at radius 3 is 2.30 bits per heavy atom. The maximum atomic E-state index is 12.2. The highest BCUT2D eigenvalue weighted by atomic mass is 32.2. The number of nitrogens with two attached hydrogens (primary N) is 1. The van der Waals surface area contributed by atoms with E-state index in [1.54, 1.807) is 18.2 Å². The molecule has 5 nitrogen and oxygen atoms in total. The van der Waals surface area contributed by atoms with E-state index in [4.69, 9.17) is 5.73 Å². The van der Waals surface area contributed by atoms with Crippen LogP contribution < -0.4 is 10.6 Å². The Kier molecular flexibility index (Phi) is 5.42. The highest BCUT2D eigenvalue weighted by molar-refractivity contribution is 7.89. The van der Waals surface area contributed by atoms with Gasteiger partial charge in [-0.05, 0) is 38.5 Å². The molecule has 0 fully saturated rings. The van der Waals surface area contributed by atoms with Crippen LogP contribution in [-0.2, 0) is 10.0 Å². The van der Waals surface area contributed by atoms with E-state index in [0.717, 1.165) is 18.7 Å². The van der Waals surface area contributed by atoms with E-state index >= 15 is 0 Å². The average molecular weight is 299 g/mol. The van der Waals surface area contributed by atoms with Crippen molar-refractivity contribution >= 4 is 21.4 Å². The summed E-state index contributed by atoms with van der Waals surface area (Å²) in [7, 11) is -0.388. The zero-order chi connectivity index (χ0) is 15.5. The Bertz CT molecular complexity index is 556. The molecule has 2 N–H and O–H groups in total. The molecule has 0 aliphatic rings. The minimum Gasteiger partial charge on any atom is -0.397 e. The third-order valence-corrected chi connectivity index (χ3v) is 5.36. The minimum atomic E-state index is -3.44. The predicted octanol–water partition coefficient (Wildman–Crippen LogP) is 2.14. The van der Waals surface area contributed by atoms with E-state index in [-0.39, 0.29) is 4.90 Å². The van der Waals surface area contributed by atoms with Crippen molar-refractivity contribution in [1.29, 1.82) is 0 Å². The zero-order valence-corrected chi connectivity index (χ0v) is 13.7. The smallest absolute Gasteiger partial charge is 0.242 e. The minimum absolute atomic E-state index is 0.272. The fourth-order valence-corrected chi connectivity index (χ4v) is 3.01. The molecule has 0 aliphatic carbocycles. The quantitative estimate of drug-likeness (QED) is 0.817. The van der Waals surface area contributed by atoms with Crippen molar-refractivity contribution in [2.75, 3.05) is 31.3 Å². The summed E-state index contributed by atoms with van der Waals surface area (Å²) in [6.45, 7) is 7.03. The monoisotopic (exact) mass is 299 g/mol. The first-order chi connectivity index (χ1) is 9.25. The van der Waals surface area contributed by atoms with E-state index < -0.39 is 10.0 Å². The topological polar surface area (TPSA) is 66.6 Å². The number of anilines is 2. The van der Waals surface area contributed by atoms with Gasteiger partial charge in [-0.15, -0.1) is 0 Å². The molecule has 0 saturated heterocycles. The number of nitrogens with zero attached hydrogens (tertiary/aromatic N) is 2. The number of nitrogen functional groups attached to an aromatic ring is 1. The van der Waals surface area contributed by atoms with Crippen LogP contribution in [0.1, 0.15) is 27.2 Å². The molecular formula is C14H25N3O2S. The van der Waals surface area contributed by atoms with Crippen LogP contribution in [0.2, 0.25) is 0 Å². The van der Waals surface area contributed by atoms with Crippen LogP contribution in [0.15, 0.2) is 23.1 Å². The molecule has 1 aromatic rings. The molecule has 0 spiro atoms. The number of sulfonamides is 1. The lowest BCUT2D eigenvalue weighted by atomic mass is 10.1. The van der Waals surface area contributed by atoms with Gasteiger partial charge in [0.15, 0.2) is 0 Å². The summed E-state index contributed by atoms with van der Waals surface area (Å²) < 4.78 is 25.6. The molecular weight excluding hydrogens is 274 g/mol. The molecule has 1 rings (SSSR count). The van der Waals surface area contributed by atoms with Gasteiger partial charge in [-0.2, -0.15) is 0 Å². The molecule has 1 unspecified atom stereocenters. The van der Waals surface area contributed by atoms with Crippen LogP contribution in [0.5, 0.6) is 0 Å². The highest BCUT2D eigenvalue weighted by Crippen LogP contribution is 2.29. The van der Waals surface area contributed by atoms with Crippen molar-refractivity contribution in [2.24, 2.45) is 0 Å². The lowest BCUT2D eigenvalue weighted by Gasteiger charge is -2.31. The molecule has 20 heavy (non-hydrogen) atoms. The van der Waals surface area contributed by atoms with Crippen LogP contribution in [-0.4, -0.2) is 39.4 Å². The maximum Gasteiger partial charge on any atom is 0.242 e. The molecule has 1 atom stereocenters. The summed E-state index contributed by atoms with van der Waals surface area (Å²) in [6.07, 6.45) is 0.970. The molecule has 0 bridgehead atoms. The average Bonchev–Trinajstić information content (AvgIpc) is 2.40. The van der Waals surface area contributed by atoms with E-state index in [9.17, 15) is 8.42 Å². The molecule has 0 aliphatic heterocycles. The van der Waals surface area contributed by atoms with Crippen molar-refractivity contribution in [3.63, 3.8) is 0 Å². The number of rotatable bonds is 6. The van der Waals surface area contributed by atoms with Crippen molar-refractivity contribution in [2.45, 2.75) is 38.1 Å². The summed E-state index contributed by atoms with van der Waals surface area (Å²) in [6, 6.07) is 5.19. The van der Waals surface area contributed by atoms with Gasteiger partial charge >= 0.3 is 0 Å². The normalized spacial score (nSPS) is 13.5. The first-order valence-corrected chi connectivity index (χ1v) is 8.28. The van der Waals surface area contributed by atoms with E-state index in [2.05, 4.69) is 18.7 Å². The fourth-order valence-electron chi connectivity index (χ4n) is 2.08. The predicted molar refractivity (Wildman–Crippen MR) is 84.5 cm³/mol. The second-order valence-electron chi connectivity index (χ2n) is 5.05. The van der Waals surface area contributed by atoms with Crippen LogP contribution in [0.3, 0.4) is 0 Å². The van der Waals surface area contributed by atoms with Gasteiger partial charge in [0.25, 0.3) is 0 Å². The van der Waals surface area contributed by atoms with E-state index in [1.165, 1.54) is 18.4 Å². The van der Waals surface area contributed by atoms with Crippen LogP contribution in [0.25, 0.3) is 0 Å². The summed E-state index contributed by atoms with van der Waals surface area (Å²) >= 11 is 0. The standard InChI is InChI=1S/C14H25N3O2S/c1-6-11(3)17(7-2)14-10-12(8-9-13(14)15)20(18,19)16(4)5/h8-11H,6-7,15H2,1-5H3. The largest absolute Gasteiger partial charge is 0.397 e. The van der Waals surface area contributed by atoms with Crippen LogP contribution in [0, 0.1) is 0 Å². The molecule has 0 radical (unpaired) electrons. The van der Waals surface area contributed by atoms with Crippen molar-refractivity contribution in [3.8, 4) is 0 Å². The van der Waals surface area contributed by atoms with Gasteiger partial charge in [0, 0.05) is 26.7 Å². The number of hydrogen-bond acceptors (Lipinski definition) is 4. The molecule has 0 saturated carbocycles. The Morgan fingerprint density at radius 2 is 1.85 bits per heavy atom. The van der Waals surface area contributed by atoms with Crippen LogP contribution in [0.4, 0.5) is 11.4 Å².